The number of hydrogen-bond donors (Lipinski definition) is 1. The second-order valence-corrected chi connectivity index (χ2v) is 8.07. The summed E-state index contributed by atoms with van der Waals surface area (Å²) < 4.78 is 13.0. The lowest BCUT2D eigenvalue weighted by molar-refractivity contribution is -0.128. The van der Waals surface area contributed by atoms with Gasteiger partial charge in [-0.25, -0.2) is 9.37 Å². The predicted molar refractivity (Wildman–Crippen MR) is 108 cm³/mol. The number of carbonyl (C=O) groups is 2. The quantitative estimate of drug-likeness (QED) is 0.677. The summed E-state index contributed by atoms with van der Waals surface area (Å²) >= 11 is 1.38. The van der Waals surface area contributed by atoms with Crippen LogP contribution in [0.15, 0.2) is 55.0 Å². The second-order valence-electron chi connectivity index (χ2n) is 6.95. The SMILES string of the molecule is O=C(Nc1ncc(Cc2ccc(F)cc2)s1)C1CC(=O)N(Cc2ccncc2)C1. The molecule has 1 fully saturated rings. The van der Waals surface area contributed by atoms with E-state index in [1.807, 2.05) is 12.1 Å². The first-order chi connectivity index (χ1) is 14.1. The third-order valence-electron chi connectivity index (χ3n) is 4.78. The van der Waals surface area contributed by atoms with Crippen molar-refractivity contribution in [1.29, 1.82) is 0 Å². The Morgan fingerprint density at radius 2 is 1.93 bits per heavy atom. The average molecular weight is 410 g/mol. The van der Waals surface area contributed by atoms with Crippen molar-refractivity contribution in [2.24, 2.45) is 5.92 Å². The lowest BCUT2D eigenvalue weighted by Crippen LogP contribution is -2.28. The fraction of sp³-hybridized carbons (Fsp3) is 0.238. The molecule has 2 amide bonds. The molecule has 8 heteroatoms. The molecule has 0 aliphatic carbocycles. The van der Waals surface area contributed by atoms with E-state index < -0.39 is 5.92 Å². The van der Waals surface area contributed by atoms with Crippen molar-refractivity contribution in [1.82, 2.24) is 14.9 Å². The average Bonchev–Trinajstić information content (AvgIpc) is 3.31. The van der Waals surface area contributed by atoms with Crippen molar-refractivity contribution in [3.05, 3.63) is 76.8 Å². The highest BCUT2D eigenvalue weighted by Gasteiger charge is 2.34. The van der Waals surface area contributed by atoms with Crippen LogP contribution in [-0.4, -0.2) is 33.2 Å². The van der Waals surface area contributed by atoms with Crippen molar-refractivity contribution in [2.45, 2.75) is 19.4 Å². The number of benzene rings is 1. The minimum absolute atomic E-state index is 0.0295. The van der Waals surface area contributed by atoms with Gasteiger partial charge in [0.1, 0.15) is 5.82 Å². The van der Waals surface area contributed by atoms with Crippen molar-refractivity contribution < 1.29 is 14.0 Å². The van der Waals surface area contributed by atoms with Crippen molar-refractivity contribution in [2.75, 3.05) is 11.9 Å². The molecular formula is C21H19FN4O2S. The number of pyridine rings is 1. The highest BCUT2D eigenvalue weighted by molar-refractivity contribution is 7.15. The molecule has 29 heavy (non-hydrogen) atoms. The highest BCUT2D eigenvalue weighted by Crippen LogP contribution is 2.25. The van der Waals surface area contributed by atoms with E-state index in [1.165, 1.54) is 23.5 Å². The number of nitrogens with zero attached hydrogens (tertiary/aromatic N) is 3. The first-order valence-electron chi connectivity index (χ1n) is 9.23. The lowest BCUT2D eigenvalue weighted by Gasteiger charge is -2.16. The predicted octanol–water partition coefficient (Wildman–Crippen LogP) is 3.26. The summed E-state index contributed by atoms with van der Waals surface area (Å²) in [5.74, 6) is -0.889. The summed E-state index contributed by atoms with van der Waals surface area (Å²) in [5.41, 5.74) is 1.96. The van der Waals surface area contributed by atoms with Crippen LogP contribution < -0.4 is 5.32 Å². The summed E-state index contributed by atoms with van der Waals surface area (Å²) in [5, 5.41) is 3.33. The third-order valence-corrected chi connectivity index (χ3v) is 5.70. The molecule has 3 heterocycles. The zero-order valence-electron chi connectivity index (χ0n) is 15.5. The molecule has 2 aromatic heterocycles. The van der Waals surface area contributed by atoms with E-state index in [-0.39, 0.29) is 24.1 Å². The Morgan fingerprint density at radius 1 is 1.17 bits per heavy atom. The van der Waals surface area contributed by atoms with Crippen molar-refractivity contribution >= 4 is 28.3 Å². The molecule has 1 aromatic carbocycles. The topological polar surface area (TPSA) is 75.2 Å². The zero-order chi connectivity index (χ0) is 20.2. The van der Waals surface area contributed by atoms with Gasteiger partial charge in [-0.15, -0.1) is 11.3 Å². The highest BCUT2D eigenvalue weighted by atomic mass is 32.1. The Labute approximate surface area is 171 Å². The number of rotatable bonds is 6. The molecule has 1 N–H and O–H groups in total. The van der Waals surface area contributed by atoms with Crippen molar-refractivity contribution in [3.63, 3.8) is 0 Å². The number of thiazole rings is 1. The van der Waals surface area contributed by atoms with Gasteiger partial charge in [0, 0.05) is 49.4 Å². The molecule has 148 valence electrons. The number of nitrogens with one attached hydrogen (secondary N) is 1. The van der Waals surface area contributed by atoms with Gasteiger partial charge >= 0.3 is 0 Å². The van der Waals surface area contributed by atoms with E-state index in [0.717, 1.165) is 16.0 Å². The van der Waals surface area contributed by atoms with Crippen LogP contribution >= 0.6 is 11.3 Å². The Bertz CT molecular complexity index is 1010. The van der Waals surface area contributed by atoms with Crippen LogP contribution in [0.4, 0.5) is 9.52 Å². The van der Waals surface area contributed by atoms with Crippen molar-refractivity contribution in [3.8, 4) is 0 Å². The molecule has 0 saturated carbocycles. The van der Waals surface area contributed by atoms with Gasteiger partial charge in [0.2, 0.25) is 11.8 Å². The maximum atomic E-state index is 13.0. The van der Waals surface area contributed by atoms with Crippen LogP contribution in [0.25, 0.3) is 0 Å². The molecule has 0 bridgehead atoms. The minimum atomic E-state index is -0.395. The summed E-state index contributed by atoms with van der Waals surface area (Å²) in [7, 11) is 0. The Morgan fingerprint density at radius 3 is 2.69 bits per heavy atom. The molecule has 1 aliphatic heterocycles. The Kier molecular flexibility index (Phi) is 5.62. The van der Waals surface area contributed by atoms with Crippen LogP contribution in [0, 0.1) is 11.7 Å². The summed E-state index contributed by atoms with van der Waals surface area (Å²) in [6.07, 6.45) is 5.90. The van der Waals surface area contributed by atoms with Gasteiger partial charge in [-0.05, 0) is 35.4 Å². The number of hydrogen-bond acceptors (Lipinski definition) is 5. The summed E-state index contributed by atoms with van der Waals surface area (Å²) in [6.45, 7) is 0.866. The van der Waals surface area contributed by atoms with Crippen LogP contribution in [0.3, 0.4) is 0 Å². The molecule has 1 unspecified atom stereocenters. The smallest absolute Gasteiger partial charge is 0.231 e. The van der Waals surface area contributed by atoms with E-state index in [4.69, 9.17) is 0 Å². The van der Waals surface area contributed by atoms with Gasteiger partial charge in [0.25, 0.3) is 0 Å². The monoisotopic (exact) mass is 410 g/mol. The molecular weight excluding hydrogens is 391 g/mol. The number of carbonyl (C=O) groups excluding carboxylic acids is 2. The van der Waals surface area contributed by atoms with Crippen LogP contribution in [0.5, 0.6) is 0 Å². The Balaban J connectivity index is 1.33. The number of likely N-dealkylation sites (tertiary alicyclic amines) is 1. The first kappa shape index (κ1) is 19.2. The van der Waals surface area contributed by atoms with Crippen LogP contribution in [0.1, 0.15) is 22.4 Å². The molecule has 1 atom stereocenters. The summed E-state index contributed by atoms with van der Waals surface area (Å²) in [6, 6.07) is 10.0. The largest absolute Gasteiger partial charge is 0.338 e. The first-order valence-corrected chi connectivity index (χ1v) is 10.0. The zero-order valence-corrected chi connectivity index (χ0v) is 16.4. The molecule has 4 rings (SSSR count). The van der Waals surface area contributed by atoms with E-state index in [2.05, 4.69) is 15.3 Å². The van der Waals surface area contributed by atoms with Gasteiger partial charge in [0.15, 0.2) is 5.13 Å². The van der Waals surface area contributed by atoms with Gasteiger partial charge in [-0.2, -0.15) is 0 Å². The van der Waals surface area contributed by atoms with E-state index in [9.17, 15) is 14.0 Å². The van der Waals surface area contributed by atoms with Gasteiger partial charge in [-0.1, -0.05) is 12.1 Å². The number of halogens is 1. The van der Waals surface area contributed by atoms with Crippen LogP contribution in [0.2, 0.25) is 0 Å². The van der Waals surface area contributed by atoms with Gasteiger partial charge in [0.05, 0.1) is 5.92 Å². The molecule has 1 aliphatic rings. The lowest BCUT2D eigenvalue weighted by atomic mass is 10.1. The minimum Gasteiger partial charge on any atom is -0.338 e. The standard InChI is InChI=1S/C21H19FN4O2S/c22-17-3-1-14(2-4-17)9-18-11-24-21(29-18)25-20(28)16-10-19(27)26(13-16)12-15-5-7-23-8-6-15/h1-8,11,16H,9-10,12-13H2,(H,24,25,28). The van der Waals surface area contributed by atoms with Gasteiger partial charge < -0.3 is 10.2 Å². The van der Waals surface area contributed by atoms with E-state index in [1.54, 1.807) is 35.6 Å². The third kappa shape index (κ3) is 4.83. The molecule has 1 saturated heterocycles. The fourth-order valence-corrected chi connectivity index (χ4v) is 4.12. The summed E-state index contributed by atoms with van der Waals surface area (Å²) in [4.78, 5) is 35.7. The number of aromatic nitrogens is 2. The second kappa shape index (κ2) is 8.48. The molecule has 6 nitrogen and oxygen atoms in total. The van der Waals surface area contributed by atoms with E-state index in [0.29, 0.717) is 24.6 Å². The number of anilines is 1. The maximum Gasteiger partial charge on any atom is 0.231 e. The molecule has 0 spiro atoms. The number of amides is 2. The Hall–Kier alpha value is -3.13. The fourth-order valence-electron chi connectivity index (χ4n) is 3.27. The molecule has 0 radical (unpaired) electrons. The molecule has 3 aromatic rings. The van der Waals surface area contributed by atoms with Gasteiger partial charge in [-0.3, -0.25) is 14.6 Å². The maximum absolute atomic E-state index is 13.0. The normalized spacial score (nSPS) is 16.2. The van der Waals surface area contributed by atoms with Crippen LogP contribution in [-0.2, 0) is 22.6 Å². The van der Waals surface area contributed by atoms with E-state index >= 15 is 0 Å².